The molecule has 0 spiro atoms. The Morgan fingerprint density at radius 1 is 0.905 bits per heavy atom. The molecule has 8 heteroatoms. The fourth-order valence-corrected chi connectivity index (χ4v) is 7.17. The van der Waals surface area contributed by atoms with Crippen LogP contribution in [-0.2, 0) is 26.8 Å². The average Bonchev–Trinajstić information content (AvgIpc) is 3.19. The van der Waals surface area contributed by atoms with Crippen LogP contribution in [0.2, 0.25) is 0 Å². The van der Waals surface area contributed by atoms with E-state index in [2.05, 4.69) is 15.6 Å². The number of rotatable bonds is 10. The van der Waals surface area contributed by atoms with E-state index in [0.717, 1.165) is 47.7 Å². The van der Waals surface area contributed by atoms with Crippen LogP contribution in [-0.4, -0.2) is 31.3 Å². The maximum absolute atomic E-state index is 13.6. The van der Waals surface area contributed by atoms with Gasteiger partial charge >= 0.3 is 6.03 Å². The van der Waals surface area contributed by atoms with Crippen LogP contribution in [0.1, 0.15) is 61.6 Å². The Morgan fingerprint density at radius 3 is 2.31 bits per heavy atom. The zero-order valence-corrected chi connectivity index (χ0v) is 24.9. The summed E-state index contributed by atoms with van der Waals surface area (Å²) in [7, 11) is -3.49. The van der Waals surface area contributed by atoms with Crippen molar-refractivity contribution in [1.29, 1.82) is 0 Å². The van der Waals surface area contributed by atoms with Gasteiger partial charge in [0.2, 0.25) is 0 Å². The number of hydrogen-bond donors (Lipinski definition) is 3. The SMILES string of the molecule is Cc1ccc(S(=O)(=O)Cc2ccc(NC(=O)N[C@H](Cc3c[nH]c4ccccc34)C(=O)CC3CCCCCC3)cc2)cc1. The van der Waals surface area contributed by atoms with Crippen molar-refractivity contribution in [1.82, 2.24) is 10.3 Å². The first kappa shape index (κ1) is 29.6. The second kappa shape index (κ2) is 13.4. The molecular weight excluding hydrogens is 546 g/mol. The van der Waals surface area contributed by atoms with Crippen LogP contribution in [0, 0.1) is 12.8 Å². The summed E-state index contributed by atoms with van der Waals surface area (Å²) in [5.41, 5.74) is 4.13. The molecule has 0 bridgehead atoms. The van der Waals surface area contributed by atoms with E-state index in [-0.39, 0.29) is 16.4 Å². The van der Waals surface area contributed by atoms with Gasteiger partial charge in [-0.3, -0.25) is 4.79 Å². The van der Waals surface area contributed by atoms with E-state index in [9.17, 15) is 18.0 Å². The molecule has 1 saturated carbocycles. The van der Waals surface area contributed by atoms with Crippen LogP contribution in [0.5, 0.6) is 0 Å². The lowest BCUT2D eigenvalue weighted by molar-refractivity contribution is -0.121. The Balaban J connectivity index is 1.25. The first-order valence-electron chi connectivity index (χ1n) is 14.8. The van der Waals surface area contributed by atoms with Gasteiger partial charge < -0.3 is 15.6 Å². The number of urea groups is 1. The number of benzene rings is 3. The molecule has 1 aliphatic rings. The molecule has 7 nitrogen and oxygen atoms in total. The number of carbonyl (C=O) groups excluding carboxylic acids is 2. The van der Waals surface area contributed by atoms with Crippen LogP contribution in [0.4, 0.5) is 10.5 Å². The summed E-state index contributed by atoms with van der Waals surface area (Å²) in [5, 5.41) is 6.81. The fourth-order valence-electron chi connectivity index (χ4n) is 5.82. The van der Waals surface area contributed by atoms with E-state index in [1.807, 2.05) is 37.4 Å². The normalized spacial score (nSPS) is 15.2. The van der Waals surface area contributed by atoms with E-state index in [4.69, 9.17) is 0 Å². The van der Waals surface area contributed by atoms with Crippen molar-refractivity contribution < 1.29 is 18.0 Å². The molecule has 0 unspecified atom stereocenters. The Kier molecular flexibility index (Phi) is 9.42. The van der Waals surface area contributed by atoms with Crippen molar-refractivity contribution in [2.45, 2.75) is 75.0 Å². The van der Waals surface area contributed by atoms with Crippen LogP contribution >= 0.6 is 0 Å². The standard InChI is InChI=1S/C34H39N3O4S/c1-24-12-18-29(19-13-24)42(40,41)23-26-14-16-28(17-15-26)36-34(39)37-32(33(38)20-25-8-4-2-3-5-9-25)21-27-22-35-31-11-7-6-10-30(27)31/h6-7,10-19,22,25,32,35H,2-5,8-9,20-21,23H2,1H3,(H2,36,37,39)/t32-/m1/s1. The molecule has 0 aliphatic heterocycles. The van der Waals surface area contributed by atoms with E-state index in [1.165, 1.54) is 12.8 Å². The third-order valence-electron chi connectivity index (χ3n) is 8.21. The number of aromatic nitrogens is 1. The Morgan fingerprint density at radius 2 is 1.60 bits per heavy atom. The molecule has 42 heavy (non-hydrogen) atoms. The van der Waals surface area contributed by atoms with Gasteiger partial charge in [0.15, 0.2) is 15.6 Å². The minimum absolute atomic E-state index is 0.0546. The van der Waals surface area contributed by atoms with Crippen LogP contribution in [0.25, 0.3) is 10.9 Å². The number of hydrogen-bond acceptors (Lipinski definition) is 4. The Bertz CT molecular complexity index is 1620. The molecule has 2 amide bonds. The number of fused-ring (bicyclic) bond motifs is 1. The summed E-state index contributed by atoms with van der Waals surface area (Å²) < 4.78 is 25.6. The summed E-state index contributed by atoms with van der Waals surface area (Å²) in [4.78, 5) is 30.2. The predicted molar refractivity (Wildman–Crippen MR) is 167 cm³/mol. The van der Waals surface area contributed by atoms with Crippen LogP contribution < -0.4 is 10.6 Å². The van der Waals surface area contributed by atoms with Crippen molar-refractivity contribution in [2.24, 2.45) is 5.92 Å². The maximum Gasteiger partial charge on any atom is 0.319 e. The van der Waals surface area contributed by atoms with Gasteiger partial charge in [-0.15, -0.1) is 0 Å². The predicted octanol–water partition coefficient (Wildman–Crippen LogP) is 7.11. The summed E-state index contributed by atoms with van der Waals surface area (Å²) in [6.45, 7) is 1.91. The smallest absolute Gasteiger partial charge is 0.319 e. The van der Waals surface area contributed by atoms with Crippen LogP contribution in [0.15, 0.2) is 83.9 Å². The van der Waals surface area contributed by atoms with Crippen molar-refractivity contribution in [3.8, 4) is 0 Å². The van der Waals surface area contributed by atoms with Gasteiger partial charge in [-0.1, -0.05) is 86.6 Å². The molecule has 5 rings (SSSR count). The van der Waals surface area contributed by atoms with Gasteiger partial charge in [0.05, 0.1) is 16.7 Å². The lowest BCUT2D eigenvalue weighted by atomic mass is 9.90. The summed E-state index contributed by atoms with van der Waals surface area (Å²) >= 11 is 0. The molecule has 3 N–H and O–H groups in total. The first-order valence-corrected chi connectivity index (χ1v) is 16.5. The zero-order chi connectivity index (χ0) is 29.5. The number of ketones is 1. The number of carbonyl (C=O) groups is 2. The second-order valence-corrected chi connectivity index (χ2v) is 13.5. The number of aryl methyl sites for hydroxylation is 1. The molecule has 1 aromatic heterocycles. The first-order chi connectivity index (χ1) is 20.3. The number of Topliss-reactive ketones (excluding diaryl/α,β-unsaturated/α-hetero) is 1. The lowest BCUT2D eigenvalue weighted by Gasteiger charge is -2.21. The minimum atomic E-state index is -3.49. The number of anilines is 1. The highest BCUT2D eigenvalue weighted by Gasteiger charge is 2.26. The summed E-state index contributed by atoms with van der Waals surface area (Å²) in [6.07, 6.45) is 9.66. The number of aromatic amines is 1. The second-order valence-electron chi connectivity index (χ2n) is 11.5. The van der Waals surface area contributed by atoms with Gasteiger partial charge in [-0.05, 0) is 54.3 Å². The molecule has 1 atom stereocenters. The number of amides is 2. The average molecular weight is 586 g/mol. The largest absolute Gasteiger partial charge is 0.361 e. The van der Waals surface area contributed by atoms with Gasteiger partial charge in [0.25, 0.3) is 0 Å². The monoisotopic (exact) mass is 585 g/mol. The highest BCUT2D eigenvalue weighted by molar-refractivity contribution is 7.90. The lowest BCUT2D eigenvalue weighted by Crippen LogP contribution is -2.45. The minimum Gasteiger partial charge on any atom is -0.361 e. The van der Waals surface area contributed by atoms with Crippen molar-refractivity contribution in [3.05, 3.63) is 95.7 Å². The Hall–Kier alpha value is -3.91. The molecule has 1 heterocycles. The molecule has 220 valence electrons. The van der Waals surface area contributed by atoms with Crippen molar-refractivity contribution in [2.75, 3.05) is 5.32 Å². The number of H-pyrrole nitrogens is 1. The van der Waals surface area contributed by atoms with E-state index >= 15 is 0 Å². The zero-order valence-electron chi connectivity index (χ0n) is 24.1. The quantitative estimate of drug-likeness (QED) is 0.172. The molecule has 0 saturated heterocycles. The number of nitrogens with one attached hydrogen (secondary N) is 3. The Labute approximate surface area is 248 Å². The number of para-hydroxylation sites is 1. The van der Waals surface area contributed by atoms with Crippen molar-refractivity contribution >= 4 is 38.2 Å². The highest BCUT2D eigenvalue weighted by atomic mass is 32.2. The highest BCUT2D eigenvalue weighted by Crippen LogP contribution is 2.27. The van der Waals surface area contributed by atoms with Gasteiger partial charge in [-0.25, -0.2) is 13.2 Å². The van der Waals surface area contributed by atoms with Gasteiger partial charge in [-0.2, -0.15) is 0 Å². The molecule has 3 aromatic carbocycles. The number of sulfone groups is 1. The summed E-state index contributed by atoms with van der Waals surface area (Å²) in [5.74, 6) is 0.281. The maximum atomic E-state index is 13.6. The van der Waals surface area contributed by atoms with Crippen molar-refractivity contribution in [3.63, 3.8) is 0 Å². The molecular formula is C34H39N3O4S. The van der Waals surface area contributed by atoms with E-state index in [1.54, 1.807) is 48.5 Å². The fraction of sp³-hybridized carbons (Fsp3) is 0.353. The molecule has 4 aromatic rings. The van der Waals surface area contributed by atoms with E-state index < -0.39 is 21.9 Å². The van der Waals surface area contributed by atoms with Gasteiger partial charge in [0.1, 0.15) is 0 Å². The van der Waals surface area contributed by atoms with Gasteiger partial charge in [0, 0.05) is 35.6 Å². The van der Waals surface area contributed by atoms with Crippen LogP contribution in [0.3, 0.4) is 0 Å². The molecule has 1 aliphatic carbocycles. The third-order valence-corrected chi connectivity index (χ3v) is 9.91. The molecule has 1 fully saturated rings. The topological polar surface area (TPSA) is 108 Å². The molecule has 0 radical (unpaired) electrons. The van der Waals surface area contributed by atoms with E-state index in [0.29, 0.717) is 30.0 Å². The third kappa shape index (κ3) is 7.68. The summed E-state index contributed by atoms with van der Waals surface area (Å²) in [6, 6.07) is 20.4.